The number of nitrogen functional groups attached to an aromatic ring is 1. The largest absolute Gasteiger partial charge is 0.418 e. The van der Waals surface area contributed by atoms with Crippen LogP contribution in [0.2, 0.25) is 5.02 Å². The van der Waals surface area contributed by atoms with E-state index in [9.17, 15) is 13.2 Å². The molecule has 0 fully saturated rings. The summed E-state index contributed by atoms with van der Waals surface area (Å²) >= 11 is 6.96. The summed E-state index contributed by atoms with van der Waals surface area (Å²) in [5.41, 5.74) is 4.17. The van der Waals surface area contributed by atoms with Gasteiger partial charge < -0.3 is 5.73 Å². The number of halogens is 4. The topological polar surface area (TPSA) is 38.9 Å². The van der Waals surface area contributed by atoms with Crippen LogP contribution in [0.1, 0.15) is 5.56 Å². The van der Waals surface area contributed by atoms with Gasteiger partial charge in [0.25, 0.3) is 0 Å². The number of anilines is 1. The summed E-state index contributed by atoms with van der Waals surface area (Å²) in [5, 5.41) is 0.833. The summed E-state index contributed by atoms with van der Waals surface area (Å²) in [4.78, 5) is 4.38. The highest BCUT2D eigenvalue weighted by molar-refractivity contribution is 7.99. The van der Waals surface area contributed by atoms with Crippen LogP contribution in [-0.2, 0) is 6.18 Å². The van der Waals surface area contributed by atoms with Crippen molar-refractivity contribution in [3.05, 3.63) is 47.1 Å². The highest BCUT2D eigenvalue weighted by atomic mass is 35.5. The average molecular weight is 305 g/mol. The van der Waals surface area contributed by atoms with Crippen LogP contribution in [0.15, 0.2) is 46.5 Å². The lowest BCUT2D eigenvalue weighted by Crippen LogP contribution is -2.08. The first-order valence-electron chi connectivity index (χ1n) is 5.13. The quantitative estimate of drug-likeness (QED) is 0.831. The molecule has 0 atom stereocenters. The van der Waals surface area contributed by atoms with Gasteiger partial charge in [-0.25, -0.2) is 4.98 Å². The lowest BCUT2D eigenvalue weighted by atomic mass is 10.2. The Morgan fingerprint density at radius 1 is 1.21 bits per heavy atom. The maximum atomic E-state index is 12.7. The fourth-order valence-corrected chi connectivity index (χ4v) is 2.45. The zero-order chi connectivity index (χ0) is 14.0. The molecular weight excluding hydrogens is 297 g/mol. The second-order valence-electron chi connectivity index (χ2n) is 3.64. The van der Waals surface area contributed by atoms with Crippen molar-refractivity contribution in [1.82, 2.24) is 4.98 Å². The third-order valence-electron chi connectivity index (χ3n) is 2.27. The molecule has 1 aromatic heterocycles. The molecular formula is C12H8ClF3N2S. The number of benzene rings is 1. The molecule has 19 heavy (non-hydrogen) atoms. The van der Waals surface area contributed by atoms with Crippen molar-refractivity contribution < 1.29 is 13.2 Å². The number of aromatic nitrogens is 1. The van der Waals surface area contributed by atoms with Crippen LogP contribution >= 0.6 is 23.4 Å². The molecule has 0 spiro atoms. The number of hydrogen-bond acceptors (Lipinski definition) is 3. The normalized spacial score (nSPS) is 11.6. The van der Waals surface area contributed by atoms with Gasteiger partial charge in [0.1, 0.15) is 5.03 Å². The van der Waals surface area contributed by atoms with Gasteiger partial charge in [0.15, 0.2) is 0 Å². The molecule has 2 nitrogen and oxygen atoms in total. The van der Waals surface area contributed by atoms with E-state index in [1.807, 2.05) is 0 Å². The molecule has 0 radical (unpaired) electrons. The summed E-state index contributed by atoms with van der Waals surface area (Å²) in [6.07, 6.45) is -2.95. The van der Waals surface area contributed by atoms with Gasteiger partial charge in [-0.15, -0.1) is 0 Å². The van der Waals surface area contributed by atoms with E-state index in [0.717, 1.165) is 17.8 Å². The van der Waals surface area contributed by atoms with E-state index >= 15 is 0 Å². The SMILES string of the molecule is Nc1ccc(Sc2ncccc2Cl)cc1C(F)(F)F. The van der Waals surface area contributed by atoms with E-state index < -0.39 is 11.7 Å². The maximum absolute atomic E-state index is 12.7. The van der Waals surface area contributed by atoms with Crippen molar-refractivity contribution in [3.8, 4) is 0 Å². The van der Waals surface area contributed by atoms with Crippen LogP contribution in [0.5, 0.6) is 0 Å². The lowest BCUT2D eigenvalue weighted by molar-refractivity contribution is -0.137. The zero-order valence-corrected chi connectivity index (χ0v) is 11.0. The van der Waals surface area contributed by atoms with Crippen LogP contribution in [0, 0.1) is 0 Å². The van der Waals surface area contributed by atoms with Crippen LogP contribution in [-0.4, -0.2) is 4.98 Å². The summed E-state index contributed by atoms with van der Waals surface area (Å²) in [5.74, 6) is 0. The monoisotopic (exact) mass is 304 g/mol. The van der Waals surface area contributed by atoms with Gasteiger partial charge in [-0.2, -0.15) is 13.2 Å². The van der Waals surface area contributed by atoms with Crippen molar-refractivity contribution >= 4 is 29.1 Å². The Morgan fingerprint density at radius 3 is 2.58 bits per heavy atom. The highest BCUT2D eigenvalue weighted by Gasteiger charge is 2.33. The first kappa shape index (κ1) is 14.0. The molecule has 0 aliphatic carbocycles. The summed E-state index contributed by atoms with van der Waals surface area (Å²) < 4.78 is 38.1. The Balaban J connectivity index is 2.35. The minimum atomic E-state index is -4.48. The first-order chi connectivity index (χ1) is 8.88. The fourth-order valence-electron chi connectivity index (χ4n) is 1.40. The Morgan fingerprint density at radius 2 is 1.95 bits per heavy atom. The predicted octanol–water partition coefficient (Wildman–Crippen LogP) is 4.49. The Labute approximate surface area is 116 Å². The van der Waals surface area contributed by atoms with E-state index in [1.165, 1.54) is 18.3 Å². The molecule has 1 aromatic carbocycles. The molecule has 0 saturated heterocycles. The van der Waals surface area contributed by atoms with Crippen LogP contribution in [0.4, 0.5) is 18.9 Å². The number of hydrogen-bond donors (Lipinski definition) is 1. The Bertz CT molecular complexity index is 602. The van der Waals surface area contributed by atoms with Crippen molar-refractivity contribution in [2.24, 2.45) is 0 Å². The van der Waals surface area contributed by atoms with E-state index in [4.69, 9.17) is 17.3 Å². The lowest BCUT2D eigenvalue weighted by Gasteiger charge is -2.11. The molecule has 0 saturated carbocycles. The molecule has 100 valence electrons. The first-order valence-corrected chi connectivity index (χ1v) is 6.32. The second-order valence-corrected chi connectivity index (χ2v) is 5.11. The van der Waals surface area contributed by atoms with Crippen LogP contribution in [0.3, 0.4) is 0 Å². The fraction of sp³-hybridized carbons (Fsp3) is 0.0833. The van der Waals surface area contributed by atoms with Crippen molar-refractivity contribution in [2.75, 3.05) is 5.73 Å². The van der Waals surface area contributed by atoms with Gasteiger partial charge in [0.05, 0.1) is 10.6 Å². The highest BCUT2D eigenvalue weighted by Crippen LogP contribution is 2.38. The van der Waals surface area contributed by atoms with Crippen molar-refractivity contribution in [3.63, 3.8) is 0 Å². The number of alkyl halides is 3. The zero-order valence-electron chi connectivity index (χ0n) is 9.41. The number of rotatable bonds is 2. The molecule has 2 rings (SSSR count). The second kappa shape index (κ2) is 5.30. The molecule has 0 aliphatic heterocycles. The third-order valence-corrected chi connectivity index (χ3v) is 3.69. The minimum Gasteiger partial charge on any atom is -0.398 e. The summed E-state index contributed by atoms with van der Waals surface area (Å²) in [6.45, 7) is 0. The van der Waals surface area contributed by atoms with E-state index in [2.05, 4.69) is 4.98 Å². The van der Waals surface area contributed by atoms with Gasteiger partial charge in [-0.3, -0.25) is 0 Å². The van der Waals surface area contributed by atoms with Gasteiger partial charge in [0, 0.05) is 16.8 Å². The van der Waals surface area contributed by atoms with Crippen LogP contribution < -0.4 is 5.73 Å². The number of pyridine rings is 1. The van der Waals surface area contributed by atoms with Crippen molar-refractivity contribution in [2.45, 2.75) is 16.1 Å². The number of nitrogens with zero attached hydrogens (tertiary/aromatic N) is 1. The molecule has 0 aliphatic rings. The van der Waals surface area contributed by atoms with Gasteiger partial charge in [0.2, 0.25) is 0 Å². The molecule has 1 heterocycles. The van der Waals surface area contributed by atoms with E-state index in [0.29, 0.717) is 14.9 Å². The molecule has 0 amide bonds. The smallest absolute Gasteiger partial charge is 0.398 e. The minimum absolute atomic E-state index is 0.302. The molecule has 2 aromatic rings. The maximum Gasteiger partial charge on any atom is 0.418 e. The molecule has 0 unspecified atom stereocenters. The standard InChI is InChI=1S/C12H8ClF3N2S/c13-9-2-1-5-18-11(9)19-7-3-4-10(17)8(6-7)12(14,15)16/h1-6H,17H2. The molecule has 0 bridgehead atoms. The third kappa shape index (κ3) is 3.33. The molecule has 7 heteroatoms. The average Bonchev–Trinajstić information content (AvgIpc) is 2.33. The van der Waals surface area contributed by atoms with E-state index in [-0.39, 0.29) is 5.69 Å². The van der Waals surface area contributed by atoms with Gasteiger partial charge in [-0.1, -0.05) is 23.4 Å². The Kier molecular flexibility index (Phi) is 3.91. The predicted molar refractivity (Wildman–Crippen MR) is 69.2 cm³/mol. The van der Waals surface area contributed by atoms with E-state index in [1.54, 1.807) is 12.1 Å². The summed E-state index contributed by atoms with van der Waals surface area (Å²) in [7, 11) is 0. The molecule has 2 N–H and O–H groups in total. The summed E-state index contributed by atoms with van der Waals surface area (Å²) in [6, 6.07) is 6.99. The van der Waals surface area contributed by atoms with Gasteiger partial charge in [-0.05, 0) is 30.3 Å². The Hall–Kier alpha value is -1.40. The van der Waals surface area contributed by atoms with Crippen LogP contribution in [0.25, 0.3) is 0 Å². The van der Waals surface area contributed by atoms with Crippen molar-refractivity contribution in [1.29, 1.82) is 0 Å². The van der Waals surface area contributed by atoms with Gasteiger partial charge >= 0.3 is 6.18 Å². The number of nitrogens with two attached hydrogens (primary N) is 1.